The second-order valence-electron chi connectivity index (χ2n) is 6.97. The van der Waals surface area contributed by atoms with Crippen molar-refractivity contribution in [1.29, 1.82) is 0 Å². The summed E-state index contributed by atoms with van der Waals surface area (Å²) in [5.74, 6) is -0.220. The summed E-state index contributed by atoms with van der Waals surface area (Å²) in [6.07, 6.45) is 7.94. The zero-order valence-corrected chi connectivity index (χ0v) is 16.8. The Bertz CT molecular complexity index is 511. The van der Waals surface area contributed by atoms with E-state index in [-0.39, 0.29) is 18.0 Å². The Morgan fingerprint density at radius 3 is 2.52 bits per heavy atom. The van der Waals surface area contributed by atoms with Crippen LogP contribution in [0.2, 0.25) is 0 Å². The first-order valence-corrected chi connectivity index (χ1v) is 10.5. The number of thioether (sulfide) groups is 1. The summed E-state index contributed by atoms with van der Waals surface area (Å²) in [6, 6.07) is -0.741. The van der Waals surface area contributed by atoms with Crippen LogP contribution in [0.15, 0.2) is 4.99 Å². The first-order valence-electron chi connectivity index (χ1n) is 9.58. The van der Waals surface area contributed by atoms with E-state index in [1.807, 2.05) is 0 Å². The van der Waals surface area contributed by atoms with E-state index in [1.165, 1.54) is 32.1 Å². The van der Waals surface area contributed by atoms with Crippen LogP contribution in [0.25, 0.3) is 0 Å². The molecule has 25 heavy (non-hydrogen) atoms. The smallest absolute Gasteiger partial charge is 0.325 e. The molecule has 1 saturated heterocycles. The maximum atomic E-state index is 12.4. The van der Waals surface area contributed by atoms with Crippen molar-refractivity contribution in [2.24, 2.45) is 4.99 Å². The number of likely N-dealkylation sites (N-methyl/N-ethyl adjacent to an activating group) is 1. The number of nitrogens with one attached hydrogen (secondary N) is 1. The lowest BCUT2D eigenvalue weighted by molar-refractivity contribution is -0.127. The van der Waals surface area contributed by atoms with E-state index in [2.05, 4.69) is 31.0 Å². The first-order chi connectivity index (χ1) is 12.0. The van der Waals surface area contributed by atoms with E-state index in [0.717, 1.165) is 24.6 Å². The third kappa shape index (κ3) is 4.90. The van der Waals surface area contributed by atoms with E-state index < -0.39 is 6.17 Å². The van der Waals surface area contributed by atoms with Gasteiger partial charge in [0, 0.05) is 18.8 Å². The number of hydrogen-bond acceptors (Lipinski definition) is 5. The van der Waals surface area contributed by atoms with Crippen LogP contribution in [0.3, 0.4) is 0 Å². The summed E-state index contributed by atoms with van der Waals surface area (Å²) in [6.45, 7) is 7.37. The second-order valence-corrected chi connectivity index (χ2v) is 8.38. The maximum absolute atomic E-state index is 12.4. The third-order valence-electron chi connectivity index (χ3n) is 4.96. The molecule has 0 bridgehead atoms. The van der Waals surface area contributed by atoms with Crippen molar-refractivity contribution in [1.82, 2.24) is 15.1 Å². The minimum Gasteiger partial charge on any atom is -0.336 e. The molecule has 0 radical (unpaired) electrons. The van der Waals surface area contributed by atoms with Crippen molar-refractivity contribution in [3.63, 3.8) is 0 Å². The van der Waals surface area contributed by atoms with E-state index in [4.69, 9.17) is 4.99 Å². The number of unbranched alkanes of at least 4 members (excludes halogenated alkanes) is 5. The summed E-state index contributed by atoms with van der Waals surface area (Å²) in [7, 11) is 1.71. The molecule has 2 rings (SSSR count). The zero-order chi connectivity index (χ0) is 18.4. The second kappa shape index (κ2) is 9.46. The Kier molecular flexibility index (Phi) is 7.59. The summed E-state index contributed by atoms with van der Waals surface area (Å²) < 4.78 is 0. The number of aliphatic imine (C=N–C) groups is 1. The molecular formula is C18H32N4O2S. The number of nitrogens with zero attached hydrogens (tertiary/aromatic N) is 3. The standard InChI is InChI=1S/C18H32N4O2S/c1-5-7-8-9-10-11-12-22-14-15(19-18(22)25-13(3)6-2)21(4)17(24)20-16(14)23/h13-15H,5-12H2,1-4H3,(H,20,23,24). The number of fused-ring (bicyclic) bond motifs is 1. The summed E-state index contributed by atoms with van der Waals surface area (Å²) >= 11 is 1.72. The van der Waals surface area contributed by atoms with Gasteiger partial charge in [0.2, 0.25) is 0 Å². The van der Waals surface area contributed by atoms with Crippen LogP contribution in [-0.2, 0) is 4.79 Å². The fourth-order valence-corrected chi connectivity index (χ4v) is 4.20. The molecule has 0 aromatic rings. The molecule has 0 saturated carbocycles. The predicted octanol–water partition coefficient (Wildman–Crippen LogP) is 3.43. The lowest BCUT2D eigenvalue weighted by Gasteiger charge is -2.36. The number of carbonyl (C=O) groups excluding carboxylic acids is 2. The predicted molar refractivity (Wildman–Crippen MR) is 104 cm³/mol. The van der Waals surface area contributed by atoms with Crippen molar-refractivity contribution < 1.29 is 9.59 Å². The maximum Gasteiger partial charge on any atom is 0.325 e. The Labute approximate surface area is 155 Å². The lowest BCUT2D eigenvalue weighted by Crippen LogP contribution is -2.63. The number of amides is 3. The average Bonchev–Trinajstić information content (AvgIpc) is 2.94. The quantitative estimate of drug-likeness (QED) is 0.633. The van der Waals surface area contributed by atoms with Crippen LogP contribution < -0.4 is 5.32 Å². The Morgan fingerprint density at radius 2 is 1.84 bits per heavy atom. The fourth-order valence-electron chi connectivity index (χ4n) is 3.16. The van der Waals surface area contributed by atoms with Gasteiger partial charge in [0.25, 0.3) is 5.91 Å². The van der Waals surface area contributed by atoms with Gasteiger partial charge in [0.15, 0.2) is 17.4 Å². The number of carbonyl (C=O) groups is 2. The molecular weight excluding hydrogens is 336 g/mol. The van der Waals surface area contributed by atoms with Gasteiger partial charge in [-0.25, -0.2) is 9.79 Å². The van der Waals surface area contributed by atoms with Crippen LogP contribution in [0, 0.1) is 0 Å². The Morgan fingerprint density at radius 1 is 1.16 bits per heavy atom. The highest BCUT2D eigenvalue weighted by atomic mass is 32.2. The SMILES string of the molecule is CCCCCCCCN1C(SC(C)CC)=NC2C1C(=O)NC(=O)N2C. The summed E-state index contributed by atoms with van der Waals surface area (Å²) in [4.78, 5) is 32.7. The highest BCUT2D eigenvalue weighted by molar-refractivity contribution is 8.14. The summed E-state index contributed by atoms with van der Waals surface area (Å²) in [5, 5.41) is 3.81. The molecule has 1 N–H and O–H groups in total. The number of amidine groups is 1. The number of urea groups is 1. The van der Waals surface area contributed by atoms with Gasteiger partial charge in [-0.1, -0.05) is 64.6 Å². The normalized spacial score (nSPS) is 24.2. The van der Waals surface area contributed by atoms with Gasteiger partial charge >= 0.3 is 6.03 Å². The molecule has 3 unspecified atom stereocenters. The molecule has 2 aliphatic rings. The Balaban J connectivity index is 2.03. The van der Waals surface area contributed by atoms with E-state index in [1.54, 1.807) is 23.7 Å². The van der Waals surface area contributed by atoms with Crippen molar-refractivity contribution in [2.75, 3.05) is 13.6 Å². The molecule has 142 valence electrons. The molecule has 0 aromatic carbocycles. The van der Waals surface area contributed by atoms with Crippen molar-refractivity contribution in [3.8, 4) is 0 Å². The van der Waals surface area contributed by atoms with Crippen LogP contribution in [0.4, 0.5) is 4.79 Å². The van der Waals surface area contributed by atoms with Gasteiger partial charge in [-0.2, -0.15) is 0 Å². The zero-order valence-electron chi connectivity index (χ0n) is 16.0. The average molecular weight is 369 g/mol. The Hall–Kier alpha value is -1.24. The van der Waals surface area contributed by atoms with Crippen LogP contribution >= 0.6 is 11.8 Å². The van der Waals surface area contributed by atoms with Crippen LogP contribution in [0.5, 0.6) is 0 Å². The number of imide groups is 1. The van der Waals surface area contributed by atoms with Crippen LogP contribution in [-0.4, -0.2) is 58.0 Å². The molecule has 2 aliphatic heterocycles. The monoisotopic (exact) mass is 368 g/mol. The molecule has 3 atom stereocenters. The van der Waals surface area contributed by atoms with E-state index in [0.29, 0.717) is 5.25 Å². The van der Waals surface area contributed by atoms with Crippen LogP contribution in [0.1, 0.15) is 65.7 Å². The molecule has 0 aromatic heterocycles. The van der Waals surface area contributed by atoms with Crippen molar-refractivity contribution in [2.45, 2.75) is 83.2 Å². The molecule has 1 fully saturated rings. The minimum absolute atomic E-state index is 0.220. The van der Waals surface area contributed by atoms with Gasteiger partial charge in [-0.3, -0.25) is 10.1 Å². The number of rotatable bonds is 9. The third-order valence-corrected chi connectivity index (χ3v) is 6.24. The van der Waals surface area contributed by atoms with E-state index >= 15 is 0 Å². The number of hydrogen-bond donors (Lipinski definition) is 1. The van der Waals surface area contributed by atoms with Gasteiger partial charge in [0.1, 0.15) is 0 Å². The van der Waals surface area contributed by atoms with Gasteiger partial charge < -0.3 is 9.80 Å². The highest BCUT2D eigenvalue weighted by Crippen LogP contribution is 2.31. The topological polar surface area (TPSA) is 65.0 Å². The summed E-state index contributed by atoms with van der Waals surface area (Å²) in [5.41, 5.74) is 0. The lowest BCUT2D eigenvalue weighted by atomic mass is 10.1. The molecule has 0 spiro atoms. The van der Waals surface area contributed by atoms with Gasteiger partial charge in [-0.15, -0.1) is 0 Å². The highest BCUT2D eigenvalue weighted by Gasteiger charge is 2.48. The molecule has 6 nitrogen and oxygen atoms in total. The molecule has 7 heteroatoms. The molecule has 2 heterocycles. The molecule has 0 aliphatic carbocycles. The van der Waals surface area contributed by atoms with E-state index in [9.17, 15) is 9.59 Å². The van der Waals surface area contributed by atoms with Gasteiger partial charge in [0.05, 0.1) is 0 Å². The first kappa shape index (κ1) is 20.1. The largest absolute Gasteiger partial charge is 0.336 e. The minimum atomic E-state index is -0.395. The van der Waals surface area contributed by atoms with Crippen molar-refractivity contribution in [3.05, 3.63) is 0 Å². The molecule has 3 amide bonds. The van der Waals surface area contributed by atoms with Crippen molar-refractivity contribution >= 4 is 28.9 Å². The fraction of sp³-hybridized carbons (Fsp3) is 0.833. The van der Waals surface area contributed by atoms with Gasteiger partial charge in [-0.05, 0) is 12.8 Å².